The number of hydrogen-bond donors (Lipinski definition) is 0. The van der Waals surface area contributed by atoms with Crippen LogP contribution in [0.3, 0.4) is 0 Å². The number of benzene rings is 1. The van der Waals surface area contributed by atoms with Crippen molar-refractivity contribution in [3.8, 4) is 0 Å². The van der Waals surface area contributed by atoms with Gasteiger partial charge in [-0.3, -0.25) is 0 Å². The van der Waals surface area contributed by atoms with E-state index in [1.54, 1.807) is 0 Å². The topological polar surface area (TPSA) is 19.9 Å². The maximum absolute atomic E-state index is 11.1. The number of hydrogen-bond acceptors (Lipinski definition) is 0. The van der Waals surface area contributed by atoms with Gasteiger partial charge in [-0.05, 0) is 31.2 Å². The Morgan fingerprint density at radius 2 is 1.92 bits per heavy atom. The predicted molar refractivity (Wildman–Crippen MR) is 54.1 cm³/mol. The van der Waals surface area contributed by atoms with Crippen molar-refractivity contribution in [2.24, 2.45) is 0 Å². The summed E-state index contributed by atoms with van der Waals surface area (Å²) in [6.07, 6.45) is 3.27. The van der Waals surface area contributed by atoms with E-state index in [4.69, 9.17) is 0 Å². The third kappa shape index (κ3) is 4.09. The second-order valence-corrected chi connectivity index (χ2v) is 3.41. The molecule has 0 heterocycles. The van der Waals surface area contributed by atoms with Crippen LogP contribution in [0.4, 0.5) is 0 Å². The van der Waals surface area contributed by atoms with Crippen molar-refractivity contribution in [3.05, 3.63) is 35.9 Å². The lowest BCUT2D eigenvalue weighted by Gasteiger charge is -2.04. The molecule has 0 saturated carbocycles. The quantitative estimate of drug-likeness (QED) is 0.658. The third-order valence-electron chi connectivity index (χ3n) is 2.29. The molecule has 0 aromatic heterocycles. The molecule has 0 fully saturated rings. The Bertz CT molecular complexity index is 218. The van der Waals surface area contributed by atoms with E-state index in [2.05, 4.69) is 12.1 Å². The van der Waals surface area contributed by atoms with E-state index in [9.17, 15) is 5.11 Å². The summed E-state index contributed by atoms with van der Waals surface area (Å²) >= 11 is 0. The van der Waals surface area contributed by atoms with E-state index in [1.807, 2.05) is 25.1 Å². The SMILES string of the molecule is CCC([O])CCCc1ccccc1. The van der Waals surface area contributed by atoms with Gasteiger partial charge in [0.05, 0.1) is 6.10 Å². The number of rotatable bonds is 5. The Balaban J connectivity index is 2.20. The molecule has 0 aliphatic carbocycles. The van der Waals surface area contributed by atoms with Gasteiger partial charge in [-0.1, -0.05) is 37.3 Å². The molecular formula is C12H17O. The van der Waals surface area contributed by atoms with Crippen molar-refractivity contribution < 1.29 is 5.11 Å². The fraction of sp³-hybridized carbons (Fsp3) is 0.500. The third-order valence-corrected chi connectivity index (χ3v) is 2.29. The molecule has 71 valence electrons. The summed E-state index contributed by atoms with van der Waals surface area (Å²) in [5, 5.41) is 11.1. The van der Waals surface area contributed by atoms with Crippen LogP contribution in [0.25, 0.3) is 0 Å². The summed E-state index contributed by atoms with van der Waals surface area (Å²) < 4.78 is 0. The smallest absolute Gasteiger partial charge is 0.0927 e. The van der Waals surface area contributed by atoms with Crippen molar-refractivity contribution in [3.63, 3.8) is 0 Å². The van der Waals surface area contributed by atoms with Gasteiger partial charge in [0.25, 0.3) is 0 Å². The first-order valence-electron chi connectivity index (χ1n) is 5.02. The lowest BCUT2D eigenvalue weighted by atomic mass is 10.1. The van der Waals surface area contributed by atoms with Crippen molar-refractivity contribution in [1.29, 1.82) is 0 Å². The molecule has 13 heavy (non-hydrogen) atoms. The van der Waals surface area contributed by atoms with E-state index in [0.29, 0.717) is 0 Å². The first-order chi connectivity index (χ1) is 6.33. The molecule has 0 spiro atoms. The monoisotopic (exact) mass is 177 g/mol. The minimum atomic E-state index is -0.358. The first-order valence-corrected chi connectivity index (χ1v) is 5.02. The zero-order chi connectivity index (χ0) is 9.52. The van der Waals surface area contributed by atoms with E-state index in [1.165, 1.54) is 5.56 Å². The van der Waals surface area contributed by atoms with Gasteiger partial charge in [0.1, 0.15) is 0 Å². The highest BCUT2D eigenvalue weighted by atomic mass is 16.3. The zero-order valence-corrected chi connectivity index (χ0v) is 8.20. The molecule has 1 aromatic rings. The maximum atomic E-state index is 11.1. The van der Waals surface area contributed by atoms with Crippen LogP contribution in [-0.4, -0.2) is 6.10 Å². The van der Waals surface area contributed by atoms with Crippen molar-refractivity contribution >= 4 is 0 Å². The molecule has 1 rings (SSSR count). The van der Waals surface area contributed by atoms with Gasteiger partial charge < -0.3 is 0 Å². The van der Waals surface area contributed by atoms with E-state index < -0.39 is 0 Å². The highest BCUT2D eigenvalue weighted by Gasteiger charge is 2.01. The highest BCUT2D eigenvalue weighted by Crippen LogP contribution is 2.08. The predicted octanol–water partition coefficient (Wildman–Crippen LogP) is 3.22. The molecule has 0 bridgehead atoms. The average Bonchev–Trinajstić information content (AvgIpc) is 2.19. The molecule has 1 unspecified atom stereocenters. The van der Waals surface area contributed by atoms with Crippen molar-refractivity contribution in [2.45, 2.75) is 38.7 Å². The lowest BCUT2D eigenvalue weighted by molar-refractivity contribution is 0.0763. The molecule has 1 heteroatoms. The largest absolute Gasteiger partial charge is 0.233 e. The van der Waals surface area contributed by atoms with Gasteiger partial charge >= 0.3 is 0 Å². The average molecular weight is 177 g/mol. The molecule has 1 radical (unpaired) electrons. The molecule has 0 aliphatic rings. The van der Waals surface area contributed by atoms with Crippen LogP contribution < -0.4 is 0 Å². The van der Waals surface area contributed by atoms with Crippen LogP contribution >= 0.6 is 0 Å². The zero-order valence-electron chi connectivity index (χ0n) is 8.20. The fourth-order valence-corrected chi connectivity index (χ4v) is 1.38. The molecule has 0 N–H and O–H groups in total. The van der Waals surface area contributed by atoms with Crippen LogP contribution in [0, 0.1) is 0 Å². The Labute approximate surface area is 80.4 Å². The molecule has 1 atom stereocenters. The van der Waals surface area contributed by atoms with Gasteiger partial charge in [0.15, 0.2) is 0 Å². The van der Waals surface area contributed by atoms with Crippen LogP contribution in [-0.2, 0) is 11.5 Å². The molecule has 1 aromatic carbocycles. The van der Waals surface area contributed by atoms with E-state index in [-0.39, 0.29) is 6.10 Å². The summed E-state index contributed by atoms with van der Waals surface area (Å²) in [4.78, 5) is 0. The Hall–Kier alpha value is -0.820. The molecule has 0 aliphatic heterocycles. The van der Waals surface area contributed by atoms with Crippen LogP contribution in [0.15, 0.2) is 30.3 Å². The lowest BCUT2D eigenvalue weighted by Crippen LogP contribution is -2.02. The normalized spacial score (nSPS) is 12.8. The summed E-state index contributed by atoms with van der Waals surface area (Å²) in [6, 6.07) is 10.3. The van der Waals surface area contributed by atoms with E-state index >= 15 is 0 Å². The van der Waals surface area contributed by atoms with Crippen molar-refractivity contribution in [1.82, 2.24) is 0 Å². The van der Waals surface area contributed by atoms with Gasteiger partial charge in [0.2, 0.25) is 0 Å². The summed E-state index contributed by atoms with van der Waals surface area (Å²) in [6.45, 7) is 1.96. The molecule has 0 saturated heterocycles. The first kappa shape index (κ1) is 10.3. The number of aryl methyl sites for hydroxylation is 1. The minimum absolute atomic E-state index is 0.358. The van der Waals surface area contributed by atoms with E-state index in [0.717, 1.165) is 25.7 Å². The van der Waals surface area contributed by atoms with Crippen LogP contribution in [0.1, 0.15) is 31.7 Å². The van der Waals surface area contributed by atoms with Gasteiger partial charge in [-0.2, -0.15) is 0 Å². The Kier molecular flexibility index (Phi) is 4.55. The van der Waals surface area contributed by atoms with Gasteiger partial charge in [-0.15, -0.1) is 0 Å². The summed E-state index contributed by atoms with van der Waals surface area (Å²) in [5.74, 6) is 0. The summed E-state index contributed by atoms with van der Waals surface area (Å²) in [7, 11) is 0. The Morgan fingerprint density at radius 1 is 1.23 bits per heavy atom. The molecular weight excluding hydrogens is 160 g/mol. The van der Waals surface area contributed by atoms with Crippen molar-refractivity contribution in [2.75, 3.05) is 0 Å². The van der Waals surface area contributed by atoms with Gasteiger partial charge in [-0.25, -0.2) is 5.11 Å². The second-order valence-electron chi connectivity index (χ2n) is 3.41. The minimum Gasteiger partial charge on any atom is -0.233 e. The maximum Gasteiger partial charge on any atom is 0.0927 e. The molecule has 0 amide bonds. The molecule has 1 nitrogen and oxygen atoms in total. The Morgan fingerprint density at radius 3 is 2.54 bits per heavy atom. The fourth-order valence-electron chi connectivity index (χ4n) is 1.38. The standard InChI is InChI=1S/C12H17O/c1-2-12(13)10-6-9-11-7-4-3-5-8-11/h3-5,7-8,12H,2,6,9-10H2,1H3. The second kappa shape index (κ2) is 5.76. The van der Waals surface area contributed by atoms with Gasteiger partial charge in [0, 0.05) is 0 Å². The highest BCUT2D eigenvalue weighted by molar-refractivity contribution is 5.14. The summed E-state index contributed by atoms with van der Waals surface area (Å²) in [5.41, 5.74) is 1.34. The van der Waals surface area contributed by atoms with Crippen LogP contribution in [0.5, 0.6) is 0 Å². The van der Waals surface area contributed by atoms with Crippen LogP contribution in [0.2, 0.25) is 0 Å².